The number of carbonyl (C=O) groups excluding carboxylic acids is 2. The number of rotatable bonds is 10. The molecule has 7 nitrogen and oxygen atoms in total. The summed E-state index contributed by atoms with van der Waals surface area (Å²) in [6.07, 6.45) is 0. The van der Waals surface area contributed by atoms with Crippen molar-refractivity contribution in [1.29, 1.82) is 0 Å². The van der Waals surface area contributed by atoms with Gasteiger partial charge in [0.05, 0.1) is 22.6 Å². The van der Waals surface area contributed by atoms with Gasteiger partial charge in [0.15, 0.2) is 0 Å². The van der Waals surface area contributed by atoms with Gasteiger partial charge in [0.1, 0.15) is 11.6 Å². The van der Waals surface area contributed by atoms with E-state index in [9.17, 15) is 26.8 Å². The fourth-order valence-electron chi connectivity index (χ4n) is 4.23. The molecule has 4 rings (SSSR count). The Morgan fingerprint density at radius 3 is 2.07 bits per heavy atom. The zero-order valence-electron chi connectivity index (χ0n) is 23.4. The molecule has 4 aromatic carbocycles. The van der Waals surface area contributed by atoms with Crippen LogP contribution in [0.2, 0.25) is 0 Å². The van der Waals surface area contributed by atoms with E-state index in [1.807, 2.05) is 19.1 Å². The van der Waals surface area contributed by atoms with Crippen molar-refractivity contribution in [2.24, 2.45) is 0 Å². The van der Waals surface area contributed by atoms with Gasteiger partial charge in [-0.15, -0.1) is 0 Å². The molecular weight excluding hydrogens is 562 g/mol. The van der Waals surface area contributed by atoms with E-state index in [1.54, 1.807) is 32.0 Å². The van der Waals surface area contributed by atoms with Gasteiger partial charge in [0, 0.05) is 18.8 Å². The number of aryl methyl sites for hydroxylation is 2. The summed E-state index contributed by atoms with van der Waals surface area (Å²) in [4.78, 5) is 24.8. The molecule has 0 aromatic heterocycles. The minimum Gasteiger partial charge on any atom is -0.462 e. The number of sulfonamides is 1. The van der Waals surface area contributed by atoms with Gasteiger partial charge in [-0.3, -0.25) is 4.79 Å². The summed E-state index contributed by atoms with van der Waals surface area (Å²) in [5.74, 6) is -2.65. The van der Waals surface area contributed by atoms with Gasteiger partial charge in [-0.2, -0.15) is 4.31 Å². The standard InChI is InChI=1S/C32H30F2N2O5S/c1-4-41-32(38)25-11-7-23(8-12-25)19-36(20-24-9-13-26(33)14-10-24)42(39,40)27-15-16-29(34)28(18-27)31(37)35-30-17-21(2)5-6-22(30)3/h5-18H,4,19-20H2,1-3H3,(H,35,37). The number of halogens is 2. The highest BCUT2D eigenvalue weighted by Crippen LogP contribution is 2.25. The van der Waals surface area contributed by atoms with Crippen LogP contribution < -0.4 is 5.32 Å². The molecule has 0 heterocycles. The molecule has 0 spiro atoms. The molecule has 0 aliphatic carbocycles. The number of anilines is 1. The van der Waals surface area contributed by atoms with Crippen molar-refractivity contribution in [3.63, 3.8) is 0 Å². The zero-order valence-corrected chi connectivity index (χ0v) is 24.2. The molecule has 0 fully saturated rings. The van der Waals surface area contributed by atoms with Crippen LogP contribution in [0.25, 0.3) is 0 Å². The van der Waals surface area contributed by atoms with Gasteiger partial charge in [0.2, 0.25) is 10.0 Å². The predicted octanol–water partition coefficient (Wildman–Crippen LogP) is 6.40. The predicted molar refractivity (Wildman–Crippen MR) is 156 cm³/mol. The third-order valence-corrected chi connectivity index (χ3v) is 8.35. The Kier molecular flexibility index (Phi) is 9.49. The average Bonchev–Trinajstić information content (AvgIpc) is 2.96. The highest BCUT2D eigenvalue weighted by molar-refractivity contribution is 7.89. The first kappa shape index (κ1) is 30.5. The molecule has 0 saturated carbocycles. The monoisotopic (exact) mass is 592 g/mol. The fraction of sp³-hybridized carbons (Fsp3) is 0.188. The van der Waals surface area contributed by atoms with E-state index in [0.29, 0.717) is 22.4 Å². The Hall–Kier alpha value is -4.41. The zero-order chi connectivity index (χ0) is 30.4. The van der Waals surface area contributed by atoms with E-state index in [1.165, 1.54) is 36.4 Å². The van der Waals surface area contributed by atoms with Crippen LogP contribution in [-0.2, 0) is 27.8 Å². The number of benzene rings is 4. The topological polar surface area (TPSA) is 92.8 Å². The molecule has 0 bridgehead atoms. The van der Waals surface area contributed by atoms with Crippen molar-refractivity contribution in [1.82, 2.24) is 4.31 Å². The highest BCUT2D eigenvalue weighted by Gasteiger charge is 2.27. The molecule has 4 aromatic rings. The van der Waals surface area contributed by atoms with Gasteiger partial charge in [0.25, 0.3) is 5.91 Å². The minimum atomic E-state index is -4.30. The van der Waals surface area contributed by atoms with Crippen LogP contribution in [-0.4, -0.2) is 31.2 Å². The lowest BCUT2D eigenvalue weighted by Gasteiger charge is -2.23. The number of ether oxygens (including phenoxy) is 1. The Balaban J connectivity index is 1.67. The molecule has 0 atom stereocenters. The molecule has 10 heteroatoms. The summed E-state index contributed by atoms with van der Waals surface area (Å²) >= 11 is 0. The summed E-state index contributed by atoms with van der Waals surface area (Å²) in [7, 11) is -4.30. The molecule has 1 amide bonds. The summed E-state index contributed by atoms with van der Waals surface area (Å²) in [5.41, 5.74) is 3.08. The lowest BCUT2D eigenvalue weighted by molar-refractivity contribution is 0.0526. The number of carbonyl (C=O) groups is 2. The van der Waals surface area contributed by atoms with Crippen LogP contribution in [0.4, 0.5) is 14.5 Å². The molecule has 0 aliphatic heterocycles. The van der Waals surface area contributed by atoms with Gasteiger partial charge >= 0.3 is 5.97 Å². The van der Waals surface area contributed by atoms with Gasteiger partial charge in [-0.25, -0.2) is 22.0 Å². The number of amides is 1. The van der Waals surface area contributed by atoms with Crippen molar-refractivity contribution in [3.05, 3.63) is 130 Å². The smallest absolute Gasteiger partial charge is 0.338 e. The molecule has 42 heavy (non-hydrogen) atoms. The maximum Gasteiger partial charge on any atom is 0.338 e. The van der Waals surface area contributed by atoms with E-state index in [-0.39, 0.29) is 24.6 Å². The number of esters is 1. The minimum absolute atomic E-state index is 0.121. The van der Waals surface area contributed by atoms with Crippen molar-refractivity contribution >= 4 is 27.6 Å². The second-order valence-electron chi connectivity index (χ2n) is 9.73. The first-order valence-electron chi connectivity index (χ1n) is 13.2. The van der Waals surface area contributed by atoms with Crippen LogP contribution in [0, 0.1) is 25.5 Å². The van der Waals surface area contributed by atoms with Crippen LogP contribution in [0.5, 0.6) is 0 Å². The molecule has 0 aliphatic rings. The molecular formula is C32H30F2N2O5S. The van der Waals surface area contributed by atoms with Crippen molar-refractivity contribution < 1.29 is 31.5 Å². The van der Waals surface area contributed by atoms with Crippen LogP contribution in [0.1, 0.15) is 49.9 Å². The molecule has 0 saturated heterocycles. The molecule has 0 radical (unpaired) electrons. The third-order valence-electron chi connectivity index (χ3n) is 6.56. The van der Waals surface area contributed by atoms with Crippen molar-refractivity contribution in [2.75, 3.05) is 11.9 Å². The molecule has 0 unspecified atom stereocenters. The SMILES string of the molecule is CCOC(=O)c1ccc(CN(Cc2ccc(F)cc2)S(=O)(=O)c2ccc(F)c(C(=O)Nc3cc(C)ccc3C)c2)cc1. The fourth-order valence-corrected chi connectivity index (χ4v) is 5.67. The summed E-state index contributed by atoms with van der Waals surface area (Å²) in [6, 6.07) is 20.1. The number of nitrogens with zero attached hydrogens (tertiary/aromatic N) is 1. The Labute approximate surface area is 243 Å². The quantitative estimate of drug-likeness (QED) is 0.215. The number of nitrogens with one attached hydrogen (secondary N) is 1. The van der Waals surface area contributed by atoms with Gasteiger partial charge in [-0.05, 0) is 91.6 Å². The van der Waals surface area contributed by atoms with Gasteiger partial charge in [-0.1, -0.05) is 36.4 Å². The lowest BCUT2D eigenvalue weighted by Crippen LogP contribution is -2.30. The van der Waals surface area contributed by atoms with E-state index in [0.717, 1.165) is 33.6 Å². The maximum atomic E-state index is 14.8. The van der Waals surface area contributed by atoms with Crippen LogP contribution >= 0.6 is 0 Å². The second-order valence-corrected chi connectivity index (χ2v) is 11.7. The van der Waals surface area contributed by atoms with Crippen molar-refractivity contribution in [3.8, 4) is 0 Å². The van der Waals surface area contributed by atoms with E-state index >= 15 is 0 Å². The Morgan fingerprint density at radius 1 is 0.833 bits per heavy atom. The van der Waals surface area contributed by atoms with E-state index < -0.39 is 39.1 Å². The normalized spacial score (nSPS) is 11.4. The van der Waals surface area contributed by atoms with Crippen molar-refractivity contribution in [2.45, 2.75) is 38.8 Å². The average molecular weight is 593 g/mol. The second kappa shape index (κ2) is 13.1. The molecule has 218 valence electrons. The molecule has 1 N–H and O–H groups in total. The summed E-state index contributed by atoms with van der Waals surface area (Å²) in [5, 5.41) is 2.66. The van der Waals surface area contributed by atoms with Gasteiger partial charge < -0.3 is 10.1 Å². The number of hydrogen-bond acceptors (Lipinski definition) is 5. The Morgan fingerprint density at radius 2 is 1.45 bits per heavy atom. The Bertz CT molecular complexity index is 1710. The van der Waals surface area contributed by atoms with E-state index in [4.69, 9.17) is 4.74 Å². The highest BCUT2D eigenvalue weighted by atomic mass is 32.2. The maximum absolute atomic E-state index is 14.8. The first-order chi connectivity index (χ1) is 20.0. The van der Waals surface area contributed by atoms with Crippen LogP contribution in [0.15, 0.2) is 89.8 Å². The lowest BCUT2D eigenvalue weighted by atomic mass is 10.1. The number of hydrogen-bond donors (Lipinski definition) is 1. The first-order valence-corrected chi connectivity index (χ1v) is 14.6. The van der Waals surface area contributed by atoms with E-state index in [2.05, 4.69) is 5.32 Å². The summed E-state index contributed by atoms with van der Waals surface area (Å²) < 4.78 is 62.4. The summed E-state index contributed by atoms with van der Waals surface area (Å²) in [6.45, 7) is 5.29. The third kappa shape index (κ3) is 7.26. The largest absolute Gasteiger partial charge is 0.462 e. The van der Waals surface area contributed by atoms with Crippen LogP contribution in [0.3, 0.4) is 0 Å².